The van der Waals surface area contributed by atoms with Crippen molar-refractivity contribution in [3.05, 3.63) is 65.5 Å². The van der Waals surface area contributed by atoms with Gasteiger partial charge in [-0.05, 0) is 54.2 Å². The maximum Gasteiger partial charge on any atom is 0.243 e. The van der Waals surface area contributed by atoms with Crippen molar-refractivity contribution in [2.45, 2.75) is 69.5 Å². The number of nitrogens with two attached hydrogens (primary N) is 4. The van der Waals surface area contributed by atoms with E-state index in [1.807, 2.05) is 0 Å². The molecule has 1 saturated carbocycles. The summed E-state index contributed by atoms with van der Waals surface area (Å²) in [6.07, 6.45) is 5.97. The summed E-state index contributed by atoms with van der Waals surface area (Å²) in [6, 6.07) is 9.76. The number of rotatable bonds is 12. The van der Waals surface area contributed by atoms with Gasteiger partial charge in [-0.2, -0.15) is 0 Å². The number of guanidine groups is 1. The minimum absolute atomic E-state index is 0.0580. The van der Waals surface area contributed by atoms with Crippen molar-refractivity contribution in [2.24, 2.45) is 33.8 Å². The van der Waals surface area contributed by atoms with Crippen LogP contribution in [-0.2, 0) is 27.2 Å². The van der Waals surface area contributed by atoms with Gasteiger partial charge in [0, 0.05) is 6.42 Å². The first-order valence-electron chi connectivity index (χ1n) is 13.2. The molecule has 0 aromatic heterocycles. The Morgan fingerprint density at radius 2 is 1.38 bits per heavy atom. The van der Waals surface area contributed by atoms with Gasteiger partial charge in [0.25, 0.3) is 0 Å². The molecule has 1 fully saturated rings. The van der Waals surface area contributed by atoms with Gasteiger partial charge in [0.1, 0.15) is 17.9 Å². The fourth-order valence-electron chi connectivity index (χ4n) is 4.82. The number of amides is 3. The molecule has 0 saturated heterocycles. The van der Waals surface area contributed by atoms with Crippen molar-refractivity contribution in [3.8, 4) is 0 Å². The number of nitrogens with one attached hydrogen (secondary N) is 2. The van der Waals surface area contributed by atoms with Crippen LogP contribution < -0.4 is 33.6 Å². The predicted molar refractivity (Wildman–Crippen MR) is 148 cm³/mol. The molecule has 0 radical (unpaired) electrons. The number of nitrogens with zero attached hydrogens (tertiary/aromatic N) is 1. The maximum atomic E-state index is 13.4. The second-order valence-corrected chi connectivity index (χ2v) is 10.1. The van der Waals surface area contributed by atoms with Crippen LogP contribution in [0.15, 0.2) is 53.5 Å². The monoisotopic (exact) mass is 539 g/mol. The third-order valence-corrected chi connectivity index (χ3v) is 6.93. The highest BCUT2D eigenvalue weighted by atomic mass is 19.1. The van der Waals surface area contributed by atoms with Crippen LogP contribution in [-0.4, -0.2) is 41.8 Å². The summed E-state index contributed by atoms with van der Waals surface area (Å²) in [6.45, 7) is 0. The van der Waals surface area contributed by atoms with Crippen LogP contribution in [0.4, 0.5) is 10.1 Å². The number of carbonyl (C=O) groups excluding carboxylic acids is 3. The average molecular weight is 540 g/mol. The number of hydrogen-bond acceptors (Lipinski definition) is 5. The lowest BCUT2D eigenvalue weighted by atomic mass is 9.84. The Labute approximate surface area is 227 Å². The van der Waals surface area contributed by atoms with Crippen molar-refractivity contribution < 1.29 is 18.8 Å². The number of hydrogen-bond donors (Lipinski definition) is 6. The van der Waals surface area contributed by atoms with Gasteiger partial charge >= 0.3 is 0 Å². The lowest BCUT2D eigenvalue weighted by Gasteiger charge is -2.28. The van der Waals surface area contributed by atoms with E-state index >= 15 is 0 Å². The quantitative estimate of drug-likeness (QED) is 0.174. The molecule has 10 nitrogen and oxygen atoms in total. The summed E-state index contributed by atoms with van der Waals surface area (Å²) >= 11 is 0. The first kappa shape index (κ1) is 29.6. The SMILES string of the molecule is NC(=O)[C@H](Cc1ccc(F)cc1)NC(=O)[C@H](CC1CCCCC1)NC(=O)[C@H](N)Cc1ccc(N=C(N)N)cc1. The molecular weight excluding hydrogens is 501 g/mol. The van der Waals surface area contributed by atoms with E-state index in [9.17, 15) is 18.8 Å². The van der Waals surface area contributed by atoms with Crippen molar-refractivity contribution in [2.75, 3.05) is 0 Å². The van der Waals surface area contributed by atoms with E-state index in [1.54, 1.807) is 24.3 Å². The standard InChI is InChI=1S/C28H38FN7O3/c29-20-10-6-19(7-11-20)15-23(25(31)37)35-27(39)24(16-17-4-2-1-3-5-17)36-26(38)22(30)14-18-8-12-21(13-9-18)34-28(32)33/h6-13,17,22-24H,1-5,14-16,30H2,(H2,31,37)(H,35,39)(H,36,38)(H4,32,33,34)/t22-,23+,24+/m1/s1. The van der Waals surface area contributed by atoms with E-state index in [4.69, 9.17) is 22.9 Å². The fraction of sp³-hybridized carbons (Fsp3) is 0.429. The van der Waals surface area contributed by atoms with Crippen LogP contribution in [0.25, 0.3) is 0 Å². The van der Waals surface area contributed by atoms with Crippen LogP contribution in [0, 0.1) is 11.7 Å². The van der Waals surface area contributed by atoms with Crippen molar-refractivity contribution >= 4 is 29.4 Å². The van der Waals surface area contributed by atoms with Gasteiger partial charge in [-0.1, -0.05) is 56.4 Å². The second-order valence-electron chi connectivity index (χ2n) is 10.1. The number of primary amides is 1. The van der Waals surface area contributed by atoms with Crippen molar-refractivity contribution in [3.63, 3.8) is 0 Å². The number of benzene rings is 2. The Hall–Kier alpha value is -3.99. The van der Waals surface area contributed by atoms with E-state index in [-0.39, 0.29) is 24.7 Å². The third kappa shape index (κ3) is 9.68. The molecule has 0 bridgehead atoms. The van der Waals surface area contributed by atoms with Crippen LogP contribution >= 0.6 is 0 Å². The fourth-order valence-corrected chi connectivity index (χ4v) is 4.82. The molecular formula is C28H38FN7O3. The summed E-state index contributed by atoms with van der Waals surface area (Å²) in [5.74, 6) is -1.91. The molecule has 2 aromatic rings. The molecule has 10 N–H and O–H groups in total. The highest BCUT2D eigenvalue weighted by Gasteiger charge is 2.30. The van der Waals surface area contributed by atoms with Crippen LogP contribution in [0.3, 0.4) is 0 Å². The molecule has 0 heterocycles. The van der Waals surface area contributed by atoms with E-state index in [0.29, 0.717) is 17.7 Å². The van der Waals surface area contributed by atoms with Crippen LogP contribution in [0.1, 0.15) is 49.7 Å². The van der Waals surface area contributed by atoms with Gasteiger partial charge < -0.3 is 33.6 Å². The largest absolute Gasteiger partial charge is 0.370 e. The van der Waals surface area contributed by atoms with Gasteiger partial charge in [0.05, 0.1) is 11.7 Å². The second kappa shape index (κ2) is 14.2. The third-order valence-electron chi connectivity index (χ3n) is 6.93. The summed E-state index contributed by atoms with van der Waals surface area (Å²) < 4.78 is 13.3. The summed E-state index contributed by atoms with van der Waals surface area (Å²) in [5.41, 5.74) is 24.6. The minimum Gasteiger partial charge on any atom is -0.370 e. The smallest absolute Gasteiger partial charge is 0.243 e. The lowest BCUT2D eigenvalue weighted by molar-refractivity contribution is -0.132. The molecule has 1 aliphatic rings. The molecule has 11 heteroatoms. The molecule has 3 rings (SSSR count). The number of halogens is 1. The summed E-state index contributed by atoms with van der Waals surface area (Å²) in [4.78, 5) is 42.5. The zero-order chi connectivity index (χ0) is 28.4. The Morgan fingerprint density at radius 1 is 0.821 bits per heavy atom. The van der Waals surface area contributed by atoms with Gasteiger partial charge in [-0.25, -0.2) is 9.38 Å². The van der Waals surface area contributed by atoms with Crippen molar-refractivity contribution in [1.82, 2.24) is 10.6 Å². The Morgan fingerprint density at radius 3 is 1.97 bits per heavy atom. The van der Waals surface area contributed by atoms with Crippen LogP contribution in [0.5, 0.6) is 0 Å². The van der Waals surface area contributed by atoms with Gasteiger partial charge in [0.15, 0.2) is 5.96 Å². The molecule has 39 heavy (non-hydrogen) atoms. The highest BCUT2D eigenvalue weighted by Crippen LogP contribution is 2.27. The Balaban J connectivity index is 1.68. The normalized spacial score (nSPS) is 15.9. The topological polar surface area (TPSA) is 192 Å². The number of aliphatic imine (C=N–C) groups is 1. The van der Waals surface area contributed by atoms with Gasteiger partial charge in [0.2, 0.25) is 17.7 Å². The van der Waals surface area contributed by atoms with Crippen molar-refractivity contribution in [1.29, 1.82) is 0 Å². The van der Waals surface area contributed by atoms with E-state index < -0.39 is 41.7 Å². The molecule has 2 aromatic carbocycles. The van der Waals surface area contributed by atoms with E-state index in [2.05, 4.69) is 15.6 Å². The molecule has 0 unspecified atom stereocenters. The highest BCUT2D eigenvalue weighted by molar-refractivity contribution is 5.92. The van der Waals surface area contributed by atoms with E-state index in [0.717, 1.165) is 37.7 Å². The first-order valence-corrected chi connectivity index (χ1v) is 13.2. The zero-order valence-electron chi connectivity index (χ0n) is 21.9. The van der Waals surface area contributed by atoms with E-state index in [1.165, 1.54) is 24.3 Å². The van der Waals surface area contributed by atoms with Gasteiger partial charge in [-0.3, -0.25) is 14.4 Å². The molecule has 0 spiro atoms. The molecule has 3 amide bonds. The predicted octanol–water partition coefficient (Wildman–Crippen LogP) is 1.27. The Kier molecular flexibility index (Phi) is 10.8. The molecule has 1 aliphatic carbocycles. The minimum atomic E-state index is -1.02. The molecule has 0 aliphatic heterocycles. The zero-order valence-corrected chi connectivity index (χ0v) is 21.9. The number of carbonyl (C=O) groups is 3. The summed E-state index contributed by atoms with van der Waals surface area (Å²) in [7, 11) is 0. The van der Waals surface area contributed by atoms with Crippen LogP contribution in [0.2, 0.25) is 0 Å². The molecule has 210 valence electrons. The maximum absolute atomic E-state index is 13.4. The Bertz CT molecular complexity index is 1140. The first-order chi connectivity index (χ1) is 18.6. The molecule has 3 atom stereocenters. The summed E-state index contributed by atoms with van der Waals surface area (Å²) in [5, 5.41) is 5.49. The van der Waals surface area contributed by atoms with Gasteiger partial charge in [-0.15, -0.1) is 0 Å². The lowest BCUT2D eigenvalue weighted by Crippen LogP contribution is -2.56. The average Bonchev–Trinajstić information content (AvgIpc) is 2.90.